The molecule has 172 valence electrons. The zero-order chi connectivity index (χ0) is 23.5. The van der Waals surface area contributed by atoms with Gasteiger partial charge in [0.25, 0.3) is 5.91 Å². The van der Waals surface area contributed by atoms with Gasteiger partial charge in [0, 0.05) is 47.0 Å². The number of H-pyrrole nitrogens is 1. The standard InChI is InChI=1S/C29H28BrN3O/c1-20-26(23-13-8-14-24(30)18-23)27(22-11-6-3-7-12-22)28(32-20)29(34)33-16-15-31-19-25(33)17-21-9-4-2-5-10-21/h2-14,18,25,31-32H,15-17,19H2,1H3/t25-/m1/s1. The molecule has 0 spiro atoms. The third kappa shape index (κ3) is 4.59. The van der Waals surface area contributed by atoms with E-state index in [1.54, 1.807) is 0 Å². The van der Waals surface area contributed by atoms with Crippen molar-refractivity contribution in [3.8, 4) is 22.3 Å². The maximum absolute atomic E-state index is 14.1. The van der Waals surface area contributed by atoms with E-state index in [0.29, 0.717) is 12.2 Å². The zero-order valence-electron chi connectivity index (χ0n) is 19.2. The van der Waals surface area contributed by atoms with Crippen LogP contribution in [0.15, 0.2) is 89.4 Å². The zero-order valence-corrected chi connectivity index (χ0v) is 20.8. The monoisotopic (exact) mass is 513 g/mol. The number of aromatic nitrogens is 1. The van der Waals surface area contributed by atoms with Crippen LogP contribution in [0.4, 0.5) is 0 Å². The number of nitrogens with one attached hydrogen (secondary N) is 2. The summed E-state index contributed by atoms with van der Waals surface area (Å²) in [6.45, 7) is 4.34. The minimum Gasteiger partial charge on any atom is -0.354 e. The summed E-state index contributed by atoms with van der Waals surface area (Å²) < 4.78 is 1.02. The number of benzene rings is 3. The largest absolute Gasteiger partial charge is 0.354 e. The molecule has 1 fully saturated rings. The van der Waals surface area contributed by atoms with Crippen LogP contribution in [-0.4, -0.2) is 41.5 Å². The Labute approximate surface area is 209 Å². The van der Waals surface area contributed by atoms with Crippen molar-refractivity contribution in [2.75, 3.05) is 19.6 Å². The van der Waals surface area contributed by atoms with E-state index < -0.39 is 0 Å². The summed E-state index contributed by atoms with van der Waals surface area (Å²) >= 11 is 3.61. The highest BCUT2D eigenvalue weighted by molar-refractivity contribution is 9.10. The van der Waals surface area contributed by atoms with Crippen LogP contribution in [0.3, 0.4) is 0 Å². The van der Waals surface area contributed by atoms with Crippen molar-refractivity contribution in [2.45, 2.75) is 19.4 Å². The third-order valence-electron chi connectivity index (χ3n) is 6.50. The number of aromatic amines is 1. The molecule has 0 radical (unpaired) electrons. The number of halogens is 1. The van der Waals surface area contributed by atoms with E-state index in [2.05, 4.69) is 81.7 Å². The number of hydrogen-bond acceptors (Lipinski definition) is 2. The highest BCUT2D eigenvalue weighted by atomic mass is 79.9. The smallest absolute Gasteiger partial charge is 0.271 e. The maximum atomic E-state index is 14.1. The fraction of sp³-hybridized carbons (Fsp3) is 0.207. The quantitative estimate of drug-likeness (QED) is 0.339. The van der Waals surface area contributed by atoms with Crippen molar-refractivity contribution in [2.24, 2.45) is 0 Å². The van der Waals surface area contributed by atoms with Gasteiger partial charge in [0.15, 0.2) is 0 Å². The normalized spacial score (nSPS) is 15.9. The molecule has 5 heteroatoms. The summed E-state index contributed by atoms with van der Waals surface area (Å²) in [5.74, 6) is 0.0608. The average Bonchev–Trinajstić information content (AvgIpc) is 3.22. The predicted molar refractivity (Wildman–Crippen MR) is 142 cm³/mol. The molecule has 0 unspecified atom stereocenters. The summed E-state index contributed by atoms with van der Waals surface area (Å²) in [6.07, 6.45) is 0.832. The number of carbonyl (C=O) groups is 1. The Morgan fingerprint density at radius 1 is 0.941 bits per heavy atom. The first kappa shape index (κ1) is 22.6. The molecule has 2 N–H and O–H groups in total. The number of aryl methyl sites for hydroxylation is 1. The number of amides is 1. The van der Waals surface area contributed by atoms with Crippen molar-refractivity contribution in [3.05, 3.63) is 106 Å². The number of hydrogen-bond donors (Lipinski definition) is 2. The van der Waals surface area contributed by atoms with Gasteiger partial charge in [-0.15, -0.1) is 0 Å². The third-order valence-corrected chi connectivity index (χ3v) is 7.00. The molecule has 0 aliphatic carbocycles. The average molecular weight is 514 g/mol. The van der Waals surface area contributed by atoms with Crippen molar-refractivity contribution < 1.29 is 4.79 Å². The highest BCUT2D eigenvalue weighted by Crippen LogP contribution is 2.39. The van der Waals surface area contributed by atoms with Gasteiger partial charge in [-0.3, -0.25) is 4.79 Å². The minimum absolute atomic E-state index is 0.0608. The van der Waals surface area contributed by atoms with Gasteiger partial charge in [-0.2, -0.15) is 0 Å². The van der Waals surface area contributed by atoms with E-state index in [9.17, 15) is 4.79 Å². The fourth-order valence-electron chi connectivity index (χ4n) is 4.92. The molecular weight excluding hydrogens is 486 g/mol. The molecule has 2 heterocycles. The first-order valence-corrected chi connectivity index (χ1v) is 12.5. The van der Waals surface area contributed by atoms with Gasteiger partial charge < -0.3 is 15.2 Å². The second-order valence-electron chi connectivity index (χ2n) is 8.80. The van der Waals surface area contributed by atoms with E-state index in [0.717, 1.165) is 51.9 Å². The van der Waals surface area contributed by atoms with Crippen molar-refractivity contribution in [1.82, 2.24) is 15.2 Å². The molecular formula is C29H28BrN3O. The van der Waals surface area contributed by atoms with Crippen LogP contribution >= 0.6 is 15.9 Å². The summed E-state index contributed by atoms with van der Waals surface area (Å²) in [6, 6.07) is 29.0. The highest BCUT2D eigenvalue weighted by Gasteiger charge is 2.31. The lowest BCUT2D eigenvalue weighted by atomic mass is 9.94. The number of piperazine rings is 1. The van der Waals surface area contributed by atoms with E-state index in [1.807, 2.05) is 41.3 Å². The Morgan fingerprint density at radius 3 is 2.38 bits per heavy atom. The van der Waals surface area contributed by atoms with Crippen LogP contribution in [0.1, 0.15) is 21.7 Å². The Morgan fingerprint density at radius 2 is 1.65 bits per heavy atom. The maximum Gasteiger partial charge on any atom is 0.271 e. The van der Waals surface area contributed by atoms with Gasteiger partial charge in [-0.25, -0.2) is 0 Å². The minimum atomic E-state index is 0.0608. The number of rotatable bonds is 5. The molecule has 1 amide bonds. The molecule has 4 aromatic rings. The van der Waals surface area contributed by atoms with Crippen LogP contribution in [0.5, 0.6) is 0 Å². The van der Waals surface area contributed by atoms with Crippen LogP contribution in [-0.2, 0) is 6.42 Å². The van der Waals surface area contributed by atoms with Crippen molar-refractivity contribution in [1.29, 1.82) is 0 Å². The summed E-state index contributed by atoms with van der Waals surface area (Å²) in [5, 5.41) is 3.48. The molecule has 1 atom stereocenters. The van der Waals surface area contributed by atoms with Crippen LogP contribution in [0.25, 0.3) is 22.3 Å². The topological polar surface area (TPSA) is 48.1 Å². The van der Waals surface area contributed by atoms with Gasteiger partial charge in [0.05, 0.1) is 0 Å². The van der Waals surface area contributed by atoms with Crippen molar-refractivity contribution in [3.63, 3.8) is 0 Å². The van der Waals surface area contributed by atoms with Crippen molar-refractivity contribution >= 4 is 21.8 Å². The molecule has 1 aliphatic heterocycles. The molecule has 1 saturated heterocycles. The summed E-state index contributed by atoms with van der Waals surface area (Å²) in [5.41, 5.74) is 7.08. The molecule has 0 saturated carbocycles. The fourth-order valence-corrected chi connectivity index (χ4v) is 5.32. The Balaban J connectivity index is 1.59. The molecule has 3 aromatic carbocycles. The lowest BCUT2D eigenvalue weighted by Gasteiger charge is -2.36. The van der Waals surface area contributed by atoms with Gasteiger partial charge >= 0.3 is 0 Å². The molecule has 4 nitrogen and oxygen atoms in total. The van der Waals surface area contributed by atoms with E-state index in [1.165, 1.54) is 5.56 Å². The van der Waals surface area contributed by atoms with E-state index in [-0.39, 0.29) is 11.9 Å². The Hall–Kier alpha value is -3.15. The molecule has 1 aromatic heterocycles. The van der Waals surface area contributed by atoms with Gasteiger partial charge in [0.2, 0.25) is 0 Å². The summed E-state index contributed by atoms with van der Waals surface area (Å²) in [4.78, 5) is 19.6. The molecule has 34 heavy (non-hydrogen) atoms. The first-order valence-electron chi connectivity index (χ1n) is 11.7. The summed E-state index contributed by atoms with van der Waals surface area (Å²) in [7, 11) is 0. The lowest BCUT2D eigenvalue weighted by molar-refractivity contribution is 0.0631. The second kappa shape index (κ2) is 10.00. The Bertz CT molecular complexity index is 1280. The van der Waals surface area contributed by atoms with E-state index >= 15 is 0 Å². The van der Waals surface area contributed by atoms with Crippen LogP contribution in [0.2, 0.25) is 0 Å². The van der Waals surface area contributed by atoms with Crippen LogP contribution < -0.4 is 5.32 Å². The van der Waals surface area contributed by atoms with E-state index in [4.69, 9.17) is 0 Å². The molecule has 1 aliphatic rings. The number of carbonyl (C=O) groups excluding carboxylic acids is 1. The molecule has 0 bridgehead atoms. The lowest BCUT2D eigenvalue weighted by Crippen LogP contribution is -2.54. The first-order chi connectivity index (χ1) is 16.6. The molecule has 5 rings (SSSR count). The second-order valence-corrected chi connectivity index (χ2v) is 9.71. The van der Waals surface area contributed by atoms with Gasteiger partial charge in [0.1, 0.15) is 5.69 Å². The van der Waals surface area contributed by atoms with Gasteiger partial charge in [-0.1, -0.05) is 88.7 Å². The number of nitrogens with zero attached hydrogens (tertiary/aromatic N) is 1. The van der Waals surface area contributed by atoms with Gasteiger partial charge in [-0.05, 0) is 42.2 Å². The Kier molecular flexibility index (Phi) is 6.66. The van der Waals surface area contributed by atoms with Crippen LogP contribution in [0, 0.1) is 6.92 Å². The SMILES string of the molecule is Cc1[nH]c(C(=O)N2CCNC[C@H]2Cc2ccccc2)c(-c2ccccc2)c1-c1cccc(Br)c1. The predicted octanol–water partition coefficient (Wildman–Crippen LogP) is 6.08.